The Hall–Kier alpha value is -1.01. The van der Waals surface area contributed by atoms with Gasteiger partial charge in [-0.05, 0) is 18.2 Å². The minimum atomic E-state index is 0.501. The Morgan fingerprint density at radius 2 is 2.17 bits per heavy atom. The van der Waals surface area contributed by atoms with Crippen LogP contribution in [0.5, 0.6) is 0 Å². The van der Waals surface area contributed by atoms with Gasteiger partial charge in [0.15, 0.2) is 0 Å². The van der Waals surface area contributed by atoms with Gasteiger partial charge in [-0.3, -0.25) is 0 Å². The monoisotopic (exact) mass is 179 g/mol. The fourth-order valence-electron chi connectivity index (χ4n) is 0.809. The van der Waals surface area contributed by atoms with Crippen molar-refractivity contribution in [3.05, 3.63) is 46.7 Å². The predicted molar refractivity (Wildman–Crippen MR) is 53.1 cm³/mol. The lowest BCUT2D eigenvalue weighted by atomic mass is 10.2. The molecule has 2 heteroatoms. The average Bonchev–Trinajstić information content (AvgIpc) is 2.09. The van der Waals surface area contributed by atoms with Crippen molar-refractivity contribution in [2.24, 2.45) is 5.73 Å². The normalized spacial score (nSPS) is 8.83. The highest BCUT2D eigenvalue weighted by atomic mass is 35.5. The van der Waals surface area contributed by atoms with E-state index in [0.717, 1.165) is 10.6 Å². The lowest BCUT2D eigenvalue weighted by Gasteiger charge is -1.92. The first kappa shape index (κ1) is 9.08. The first-order chi connectivity index (χ1) is 5.84. The van der Waals surface area contributed by atoms with Crippen LogP contribution >= 0.6 is 11.6 Å². The maximum atomic E-state index is 5.89. The molecule has 0 aliphatic carbocycles. The zero-order chi connectivity index (χ0) is 8.81. The third-order valence-electron chi connectivity index (χ3n) is 1.38. The average molecular weight is 180 g/mol. The highest BCUT2D eigenvalue weighted by Crippen LogP contribution is 2.15. The number of nitrogens with two attached hydrogens (primary N) is 1. The summed E-state index contributed by atoms with van der Waals surface area (Å²) < 4.78 is 0. The maximum Gasteiger partial charge on any atom is 0.0484 e. The molecule has 62 valence electrons. The molecule has 0 aromatic heterocycles. The van der Waals surface area contributed by atoms with Crippen LogP contribution in [0.1, 0.15) is 5.56 Å². The first-order valence-electron chi connectivity index (χ1n) is 3.70. The van der Waals surface area contributed by atoms with Crippen molar-refractivity contribution in [3.8, 4) is 0 Å². The number of hydrogen-bond acceptors (Lipinski definition) is 1. The largest absolute Gasteiger partial charge is 0.326 e. The standard InChI is InChI=1S/C10H10ClN/c11-10-7-2-1-5-9(10)6-3-4-8-12/h1-2,4-7H,8,12H2. The molecule has 1 rings (SSSR count). The van der Waals surface area contributed by atoms with Gasteiger partial charge in [0.25, 0.3) is 0 Å². The van der Waals surface area contributed by atoms with Crippen molar-refractivity contribution in [2.75, 3.05) is 6.54 Å². The lowest BCUT2D eigenvalue weighted by molar-refractivity contribution is 1.26. The molecule has 0 amide bonds. The Morgan fingerprint density at radius 3 is 2.83 bits per heavy atom. The zero-order valence-electron chi connectivity index (χ0n) is 6.63. The van der Waals surface area contributed by atoms with Gasteiger partial charge < -0.3 is 5.73 Å². The third kappa shape index (κ3) is 2.55. The van der Waals surface area contributed by atoms with E-state index in [9.17, 15) is 0 Å². The second-order valence-corrected chi connectivity index (χ2v) is 2.68. The van der Waals surface area contributed by atoms with Crippen molar-refractivity contribution >= 4 is 17.7 Å². The van der Waals surface area contributed by atoms with Gasteiger partial charge in [-0.15, -0.1) is 5.73 Å². The summed E-state index contributed by atoms with van der Waals surface area (Å²) in [6, 6.07) is 7.60. The maximum absolute atomic E-state index is 5.89. The van der Waals surface area contributed by atoms with E-state index in [-0.39, 0.29) is 0 Å². The summed E-state index contributed by atoms with van der Waals surface area (Å²) in [4.78, 5) is 0. The molecule has 12 heavy (non-hydrogen) atoms. The summed E-state index contributed by atoms with van der Waals surface area (Å²) in [7, 11) is 0. The molecule has 0 atom stereocenters. The molecule has 0 heterocycles. The summed E-state index contributed by atoms with van der Waals surface area (Å²) in [6.07, 6.45) is 3.57. The van der Waals surface area contributed by atoms with Crippen molar-refractivity contribution < 1.29 is 0 Å². The molecule has 1 aromatic carbocycles. The van der Waals surface area contributed by atoms with E-state index < -0.39 is 0 Å². The Kier molecular flexibility index (Phi) is 3.62. The van der Waals surface area contributed by atoms with Crippen LogP contribution in [0.25, 0.3) is 6.08 Å². The first-order valence-corrected chi connectivity index (χ1v) is 4.08. The van der Waals surface area contributed by atoms with E-state index in [1.54, 1.807) is 6.08 Å². The molecule has 0 saturated heterocycles. The number of halogens is 1. The van der Waals surface area contributed by atoms with Crippen LogP contribution in [0.15, 0.2) is 36.1 Å². The highest BCUT2D eigenvalue weighted by molar-refractivity contribution is 6.32. The van der Waals surface area contributed by atoms with E-state index in [1.807, 2.05) is 30.3 Å². The van der Waals surface area contributed by atoms with Crippen LogP contribution in [0, 0.1) is 0 Å². The fourth-order valence-corrected chi connectivity index (χ4v) is 0.999. The number of rotatable bonds is 2. The minimum absolute atomic E-state index is 0.501. The summed E-state index contributed by atoms with van der Waals surface area (Å²) in [5.74, 6) is 0. The van der Waals surface area contributed by atoms with Gasteiger partial charge >= 0.3 is 0 Å². The molecule has 1 nitrogen and oxygen atoms in total. The van der Waals surface area contributed by atoms with Gasteiger partial charge in [-0.2, -0.15) is 0 Å². The van der Waals surface area contributed by atoms with Crippen LogP contribution in [-0.4, -0.2) is 6.54 Å². The second-order valence-electron chi connectivity index (χ2n) is 2.27. The van der Waals surface area contributed by atoms with E-state index in [0.29, 0.717) is 6.54 Å². The molecular formula is C10H10ClN. The van der Waals surface area contributed by atoms with Gasteiger partial charge in [0.1, 0.15) is 0 Å². The van der Waals surface area contributed by atoms with Gasteiger partial charge in [0.05, 0.1) is 0 Å². The van der Waals surface area contributed by atoms with Crippen LogP contribution in [0.3, 0.4) is 0 Å². The molecule has 0 radical (unpaired) electrons. The van der Waals surface area contributed by atoms with Crippen LogP contribution in [0.2, 0.25) is 5.02 Å². The SMILES string of the molecule is NCC=C=Cc1ccccc1Cl. The highest BCUT2D eigenvalue weighted by Gasteiger charge is 1.90. The Balaban J connectivity index is 2.89. The van der Waals surface area contributed by atoms with E-state index in [1.165, 1.54) is 0 Å². The Morgan fingerprint density at radius 1 is 1.42 bits per heavy atom. The van der Waals surface area contributed by atoms with Crippen LogP contribution in [0.4, 0.5) is 0 Å². The van der Waals surface area contributed by atoms with E-state index in [4.69, 9.17) is 17.3 Å². The molecule has 0 aliphatic heterocycles. The van der Waals surface area contributed by atoms with E-state index >= 15 is 0 Å². The number of hydrogen-bond donors (Lipinski definition) is 1. The molecule has 1 aromatic rings. The summed E-state index contributed by atoms with van der Waals surface area (Å²) in [5, 5.41) is 0.732. The van der Waals surface area contributed by atoms with Gasteiger partial charge in [-0.1, -0.05) is 29.8 Å². The third-order valence-corrected chi connectivity index (χ3v) is 1.72. The Labute approximate surface area is 77.2 Å². The molecule has 2 N–H and O–H groups in total. The van der Waals surface area contributed by atoms with Crippen molar-refractivity contribution in [3.63, 3.8) is 0 Å². The molecule has 0 spiro atoms. The lowest BCUT2D eigenvalue weighted by Crippen LogP contribution is -1.90. The van der Waals surface area contributed by atoms with Gasteiger partial charge in [0, 0.05) is 17.1 Å². The summed E-state index contributed by atoms with van der Waals surface area (Å²) >= 11 is 5.89. The fraction of sp³-hybridized carbons (Fsp3) is 0.100. The minimum Gasteiger partial charge on any atom is -0.326 e. The number of benzene rings is 1. The van der Waals surface area contributed by atoms with E-state index in [2.05, 4.69) is 5.73 Å². The molecule has 0 aliphatic rings. The van der Waals surface area contributed by atoms with Crippen LogP contribution in [-0.2, 0) is 0 Å². The van der Waals surface area contributed by atoms with Gasteiger partial charge in [0.2, 0.25) is 0 Å². The summed E-state index contributed by atoms with van der Waals surface area (Å²) in [6.45, 7) is 0.501. The smallest absolute Gasteiger partial charge is 0.0484 e. The summed E-state index contributed by atoms with van der Waals surface area (Å²) in [5.41, 5.74) is 9.15. The zero-order valence-corrected chi connectivity index (χ0v) is 7.38. The van der Waals surface area contributed by atoms with Crippen molar-refractivity contribution in [1.82, 2.24) is 0 Å². The second kappa shape index (κ2) is 4.78. The van der Waals surface area contributed by atoms with Crippen LogP contribution < -0.4 is 5.73 Å². The quantitative estimate of drug-likeness (QED) is 0.694. The van der Waals surface area contributed by atoms with Crippen molar-refractivity contribution in [2.45, 2.75) is 0 Å². The molecular weight excluding hydrogens is 170 g/mol. The Bertz CT molecular complexity index is 311. The molecule has 0 fully saturated rings. The molecule has 0 bridgehead atoms. The van der Waals surface area contributed by atoms with Gasteiger partial charge in [-0.25, -0.2) is 0 Å². The molecule has 0 saturated carbocycles. The topological polar surface area (TPSA) is 26.0 Å². The van der Waals surface area contributed by atoms with Crippen molar-refractivity contribution in [1.29, 1.82) is 0 Å². The predicted octanol–water partition coefficient (Wildman–Crippen LogP) is 2.47. The molecule has 0 unspecified atom stereocenters.